The highest BCUT2D eigenvalue weighted by Gasteiger charge is 2.18. The van der Waals surface area contributed by atoms with E-state index in [0.717, 1.165) is 0 Å². The van der Waals surface area contributed by atoms with Gasteiger partial charge in [0, 0.05) is 11.8 Å². The van der Waals surface area contributed by atoms with Crippen molar-refractivity contribution in [2.75, 3.05) is 0 Å². The molecule has 0 saturated carbocycles. The predicted molar refractivity (Wildman–Crippen MR) is 77.4 cm³/mol. The van der Waals surface area contributed by atoms with E-state index in [1.54, 1.807) is 6.07 Å². The first-order valence-electron chi connectivity index (χ1n) is 6.43. The largest absolute Gasteiger partial charge is 0.505 e. The van der Waals surface area contributed by atoms with E-state index < -0.39 is 23.7 Å². The Bertz CT molecular complexity index is 734. The highest BCUT2D eigenvalue weighted by Crippen LogP contribution is 2.25. The summed E-state index contributed by atoms with van der Waals surface area (Å²) in [5.74, 6) is -2.23. The number of nitrogens with zero attached hydrogens (tertiary/aromatic N) is 1. The van der Waals surface area contributed by atoms with E-state index in [1.165, 1.54) is 37.4 Å². The van der Waals surface area contributed by atoms with Gasteiger partial charge in [0.1, 0.15) is 17.6 Å². The minimum absolute atomic E-state index is 0.242. The van der Waals surface area contributed by atoms with Gasteiger partial charge in [-0.2, -0.15) is 0 Å². The minimum Gasteiger partial charge on any atom is -0.505 e. The Morgan fingerprint density at radius 2 is 2.05 bits per heavy atom. The first-order chi connectivity index (χ1) is 10.4. The number of carbonyl (C=O) groups excluding carboxylic acids is 2. The Morgan fingerprint density at radius 3 is 2.64 bits per heavy atom. The van der Waals surface area contributed by atoms with Gasteiger partial charge in [0.2, 0.25) is 5.91 Å². The summed E-state index contributed by atoms with van der Waals surface area (Å²) in [7, 11) is 0. The number of nitrogens with one attached hydrogen (secondary N) is 1. The lowest BCUT2D eigenvalue weighted by Gasteiger charge is -2.11. The SMILES string of the molecule is CC(NC(=O)c1ncc(-c2cccc(F)c2)cc1O)C(N)=O. The zero-order chi connectivity index (χ0) is 16.3. The molecule has 1 aromatic heterocycles. The molecule has 1 unspecified atom stereocenters. The molecule has 2 rings (SSSR count). The van der Waals surface area contributed by atoms with Crippen LogP contribution in [0.4, 0.5) is 4.39 Å². The monoisotopic (exact) mass is 303 g/mol. The summed E-state index contributed by atoms with van der Waals surface area (Å²) in [6.45, 7) is 1.42. The highest BCUT2D eigenvalue weighted by atomic mass is 19.1. The molecule has 0 aliphatic carbocycles. The third-order valence-electron chi connectivity index (χ3n) is 3.01. The Labute approximate surface area is 125 Å². The van der Waals surface area contributed by atoms with E-state index in [2.05, 4.69) is 10.3 Å². The number of primary amides is 1. The number of rotatable bonds is 4. The lowest BCUT2D eigenvalue weighted by atomic mass is 10.1. The molecule has 0 aliphatic rings. The van der Waals surface area contributed by atoms with Crippen LogP contribution in [0.2, 0.25) is 0 Å². The number of amides is 2. The van der Waals surface area contributed by atoms with Crippen LogP contribution in [-0.4, -0.2) is 27.9 Å². The molecule has 1 atom stereocenters. The molecule has 22 heavy (non-hydrogen) atoms. The van der Waals surface area contributed by atoms with Gasteiger partial charge in [-0.15, -0.1) is 0 Å². The van der Waals surface area contributed by atoms with E-state index in [-0.39, 0.29) is 11.4 Å². The van der Waals surface area contributed by atoms with Crippen molar-refractivity contribution in [2.24, 2.45) is 5.73 Å². The van der Waals surface area contributed by atoms with Crippen molar-refractivity contribution < 1.29 is 19.1 Å². The van der Waals surface area contributed by atoms with Crippen molar-refractivity contribution in [1.82, 2.24) is 10.3 Å². The first-order valence-corrected chi connectivity index (χ1v) is 6.43. The second kappa shape index (κ2) is 6.21. The zero-order valence-electron chi connectivity index (χ0n) is 11.7. The fraction of sp³-hybridized carbons (Fsp3) is 0.133. The Balaban J connectivity index is 2.27. The average molecular weight is 303 g/mol. The molecule has 2 aromatic rings. The number of aromatic hydroxyl groups is 1. The zero-order valence-corrected chi connectivity index (χ0v) is 11.7. The van der Waals surface area contributed by atoms with Crippen LogP contribution in [0.5, 0.6) is 5.75 Å². The molecule has 6 nitrogen and oxygen atoms in total. The predicted octanol–water partition coefficient (Wildman–Crippen LogP) is 1.20. The Hall–Kier alpha value is -2.96. The quantitative estimate of drug-likeness (QED) is 0.789. The van der Waals surface area contributed by atoms with Gasteiger partial charge in [0.05, 0.1) is 0 Å². The summed E-state index contributed by atoms with van der Waals surface area (Å²) in [6.07, 6.45) is 1.33. The van der Waals surface area contributed by atoms with Crippen molar-refractivity contribution in [2.45, 2.75) is 13.0 Å². The van der Waals surface area contributed by atoms with Gasteiger partial charge in [-0.3, -0.25) is 9.59 Å². The van der Waals surface area contributed by atoms with Gasteiger partial charge in [-0.25, -0.2) is 9.37 Å². The number of aromatic nitrogens is 1. The number of hydrogen-bond acceptors (Lipinski definition) is 4. The summed E-state index contributed by atoms with van der Waals surface area (Å²) in [5.41, 5.74) is 5.77. The smallest absolute Gasteiger partial charge is 0.274 e. The van der Waals surface area contributed by atoms with Crippen LogP contribution in [0.25, 0.3) is 11.1 Å². The fourth-order valence-corrected chi connectivity index (χ4v) is 1.79. The third kappa shape index (κ3) is 3.38. The van der Waals surface area contributed by atoms with Crippen LogP contribution in [0.3, 0.4) is 0 Å². The van der Waals surface area contributed by atoms with Crippen molar-refractivity contribution in [3.63, 3.8) is 0 Å². The Morgan fingerprint density at radius 1 is 1.32 bits per heavy atom. The van der Waals surface area contributed by atoms with Gasteiger partial charge in [-0.1, -0.05) is 12.1 Å². The van der Waals surface area contributed by atoms with Gasteiger partial charge < -0.3 is 16.2 Å². The molecule has 7 heteroatoms. The molecule has 0 spiro atoms. The molecule has 0 fully saturated rings. The highest BCUT2D eigenvalue weighted by molar-refractivity contribution is 5.98. The number of halogens is 1. The molecule has 1 aromatic carbocycles. The van der Waals surface area contributed by atoms with Crippen molar-refractivity contribution >= 4 is 11.8 Å². The molecule has 0 bridgehead atoms. The van der Waals surface area contributed by atoms with Crippen molar-refractivity contribution in [3.05, 3.63) is 48.0 Å². The third-order valence-corrected chi connectivity index (χ3v) is 3.01. The molecule has 4 N–H and O–H groups in total. The number of hydrogen-bond donors (Lipinski definition) is 3. The molecule has 1 heterocycles. The fourth-order valence-electron chi connectivity index (χ4n) is 1.79. The molecule has 0 radical (unpaired) electrons. The maximum Gasteiger partial charge on any atom is 0.274 e. The van der Waals surface area contributed by atoms with Gasteiger partial charge in [-0.05, 0) is 30.7 Å². The summed E-state index contributed by atoms with van der Waals surface area (Å²) in [6, 6.07) is 6.16. The lowest BCUT2D eigenvalue weighted by Crippen LogP contribution is -2.42. The Kier molecular flexibility index (Phi) is 4.36. The standard InChI is InChI=1S/C15H14FN3O3/c1-8(14(17)21)19-15(22)13-12(20)6-10(7-18-13)9-3-2-4-11(16)5-9/h2-8,20H,1H3,(H2,17,21)(H,19,22). The summed E-state index contributed by atoms with van der Waals surface area (Å²) in [5, 5.41) is 12.2. The van der Waals surface area contributed by atoms with E-state index in [9.17, 15) is 19.1 Å². The van der Waals surface area contributed by atoms with Crippen LogP contribution >= 0.6 is 0 Å². The molecular weight excluding hydrogens is 289 g/mol. The van der Waals surface area contributed by atoms with Crippen LogP contribution in [0.1, 0.15) is 17.4 Å². The van der Waals surface area contributed by atoms with Crippen LogP contribution < -0.4 is 11.1 Å². The van der Waals surface area contributed by atoms with Gasteiger partial charge in [0.25, 0.3) is 5.91 Å². The maximum absolute atomic E-state index is 13.2. The van der Waals surface area contributed by atoms with Gasteiger partial charge >= 0.3 is 0 Å². The molecule has 0 aliphatic heterocycles. The van der Waals surface area contributed by atoms with Gasteiger partial charge in [0.15, 0.2) is 5.69 Å². The summed E-state index contributed by atoms with van der Waals surface area (Å²) >= 11 is 0. The van der Waals surface area contributed by atoms with E-state index in [4.69, 9.17) is 5.73 Å². The minimum atomic E-state index is -0.892. The summed E-state index contributed by atoms with van der Waals surface area (Å²) in [4.78, 5) is 26.7. The number of pyridine rings is 1. The normalized spacial score (nSPS) is 11.7. The second-order valence-electron chi connectivity index (χ2n) is 4.70. The van der Waals surface area contributed by atoms with Crippen LogP contribution in [0.15, 0.2) is 36.5 Å². The van der Waals surface area contributed by atoms with E-state index in [0.29, 0.717) is 11.1 Å². The lowest BCUT2D eigenvalue weighted by molar-refractivity contribution is -0.119. The molecule has 0 saturated heterocycles. The topological polar surface area (TPSA) is 105 Å². The van der Waals surface area contributed by atoms with Crippen LogP contribution in [-0.2, 0) is 4.79 Å². The summed E-state index contributed by atoms with van der Waals surface area (Å²) < 4.78 is 13.2. The van der Waals surface area contributed by atoms with Crippen LogP contribution in [0, 0.1) is 5.82 Å². The van der Waals surface area contributed by atoms with E-state index >= 15 is 0 Å². The van der Waals surface area contributed by atoms with Crippen molar-refractivity contribution in [3.8, 4) is 16.9 Å². The number of nitrogens with two attached hydrogens (primary N) is 1. The number of carbonyl (C=O) groups is 2. The first kappa shape index (κ1) is 15.4. The van der Waals surface area contributed by atoms with E-state index in [1.807, 2.05) is 0 Å². The molecule has 2 amide bonds. The van der Waals surface area contributed by atoms with Crippen molar-refractivity contribution in [1.29, 1.82) is 0 Å². The second-order valence-corrected chi connectivity index (χ2v) is 4.70. The maximum atomic E-state index is 13.2. The number of benzene rings is 1. The molecular formula is C15H14FN3O3. The average Bonchev–Trinajstić information content (AvgIpc) is 2.46. The molecule has 114 valence electrons.